The number of methoxy groups -OCH3 is 1. The molecule has 0 saturated carbocycles. The van der Waals surface area contributed by atoms with Crippen LogP contribution in [0, 0.1) is 25.7 Å². The van der Waals surface area contributed by atoms with E-state index in [4.69, 9.17) is 10.5 Å². The molecular weight excluding hydrogens is 210 g/mol. The van der Waals surface area contributed by atoms with Crippen LogP contribution in [0.4, 0.5) is 0 Å². The fourth-order valence-corrected chi connectivity index (χ4v) is 1.87. The number of benzene rings is 1. The quantitative estimate of drug-likeness (QED) is 0.639. The first-order valence-corrected chi connectivity index (χ1v) is 6.03. The zero-order valence-corrected chi connectivity index (χ0v) is 11.0. The van der Waals surface area contributed by atoms with Gasteiger partial charge in [-0.3, -0.25) is 0 Å². The van der Waals surface area contributed by atoms with Crippen molar-refractivity contribution in [3.8, 4) is 17.6 Å². The molecule has 92 valence electrons. The Morgan fingerprint density at radius 3 is 2.35 bits per heavy atom. The number of aryl methyl sites for hydroxylation is 2. The molecule has 2 nitrogen and oxygen atoms in total. The molecule has 0 radical (unpaired) electrons. The molecule has 0 aliphatic heterocycles. The molecule has 0 fully saturated rings. The van der Waals surface area contributed by atoms with E-state index in [0.717, 1.165) is 48.2 Å². The van der Waals surface area contributed by atoms with Crippen molar-refractivity contribution < 1.29 is 4.74 Å². The van der Waals surface area contributed by atoms with E-state index in [9.17, 15) is 0 Å². The Morgan fingerprint density at radius 2 is 1.82 bits per heavy atom. The summed E-state index contributed by atoms with van der Waals surface area (Å²) >= 11 is 0. The summed E-state index contributed by atoms with van der Waals surface area (Å²) in [5.41, 5.74) is 8.77. The average Bonchev–Trinajstić information content (AvgIpc) is 2.28. The van der Waals surface area contributed by atoms with Crippen molar-refractivity contribution in [2.24, 2.45) is 5.73 Å². The Hall–Kier alpha value is -1.46. The van der Waals surface area contributed by atoms with Crippen LogP contribution >= 0.6 is 0 Å². The zero-order chi connectivity index (χ0) is 12.7. The van der Waals surface area contributed by atoms with Gasteiger partial charge in [0.25, 0.3) is 0 Å². The summed E-state index contributed by atoms with van der Waals surface area (Å²) in [7, 11) is 1.70. The number of hydrogen-bond donors (Lipinski definition) is 1. The molecule has 2 N–H and O–H groups in total. The molecule has 0 saturated heterocycles. The van der Waals surface area contributed by atoms with E-state index in [0.29, 0.717) is 0 Å². The number of hydrogen-bond acceptors (Lipinski definition) is 2. The van der Waals surface area contributed by atoms with Crippen LogP contribution in [0.2, 0.25) is 0 Å². The van der Waals surface area contributed by atoms with Gasteiger partial charge in [0.2, 0.25) is 0 Å². The molecule has 0 atom stereocenters. The molecule has 0 aliphatic carbocycles. The SMILES string of the molecule is COc1c(C)cc(C#CCCCCN)cc1C. The van der Waals surface area contributed by atoms with Gasteiger partial charge >= 0.3 is 0 Å². The standard InChI is InChI=1S/C15H21NO/c1-12-10-14(8-6-4-5-7-9-16)11-13(2)15(12)17-3/h10-11H,4-5,7,9,16H2,1-3H3. The Morgan fingerprint density at radius 1 is 1.18 bits per heavy atom. The lowest BCUT2D eigenvalue weighted by Gasteiger charge is -2.08. The summed E-state index contributed by atoms with van der Waals surface area (Å²) < 4.78 is 5.33. The van der Waals surface area contributed by atoms with Crippen LogP contribution in [0.25, 0.3) is 0 Å². The van der Waals surface area contributed by atoms with E-state index in [1.807, 2.05) is 13.8 Å². The highest BCUT2D eigenvalue weighted by atomic mass is 16.5. The van der Waals surface area contributed by atoms with Gasteiger partial charge in [-0.15, -0.1) is 0 Å². The van der Waals surface area contributed by atoms with Crippen LogP contribution in [0.1, 0.15) is 36.0 Å². The van der Waals surface area contributed by atoms with Crippen molar-refractivity contribution in [1.82, 2.24) is 0 Å². The predicted octanol–water partition coefficient (Wildman–Crippen LogP) is 2.79. The summed E-state index contributed by atoms with van der Waals surface area (Å²) in [6.45, 7) is 4.85. The first-order valence-electron chi connectivity index (χ1n) is 6.03. The molecule has 0 unspecified atom stereocenters. The highest BCUT2D eigenvalue weighted by Crippen LogP contribution is 2.23. The average molecular weight is 231 g/mol. The molecule has 0 bridgehead atoms. The van der Waals surface area contributed by atoms with Gasteiger partial charge in [-0.25, -0.2) is 0 Å². The lowest BCUT2D eigenvalue weighted by atomic mass is 10.1. The predicted molar refractivity (Wildman–Crippen MR) is 72.3 cm³/mol. The van der Waals surface area contributed by atoms with Gasteiger partial charge in [-0.1, -0.05) is 11.8 Å². The summed E-state index contributed by atoms with van der Waals surface area (Å²) in [6.07, 6.45) is 3.05. The van der Waals surface area contributed by atoms with Gasteiger partial charge in [0.05, 0.1) is 7.11 Å². The molecular formula is C15H21NO. The van der Waals surface area contributed by atoms with Crippen LogP contribution in [0.5, 0.6) is 5.75 Å². The minimum absolute atomic E-state index is 0.752. The summed E-state index contributed by atoms with van der Waals surface area (Å²) in [5.74, 6) is 7.33. The maximum atomic E-state index is 5.43. The maximum Gasteiger partial charge on any atom is 0.124 e. The van der Waals surface area contributed by atoms with Gasteiger partial charge in [-0.05, 0) is 56.5 Å². The first kappa shape index (κ1) is 13.6. The summed E-state index contributed by atoms with van der Waals surface area (Å²) in [5, 5.41) is 0. The van der Waals surface area contributed by atoms with Crippen LogP contribution in [0.3, 0.4) is 0 Å². The third-order valence-corrected chi connectivity index (χ3v) is 2.65. The van der Waals surface area contributed by atoms with Crippen molar-refractivity contribution >= 4 is 0 Å². The molecule has 0 aromatic heterocycles. The Bertz CT molecular complexity index is 403. The fourth-order valence-electron chi connectivity index (χ4n) is 1.87. The van der Waals surface area contributed by atoms with Crippen molar-refractivity contribution in [2.75, 3.05) is 13.7 Å². The highest BCUT2D eigenvalue weighted by Gasteiger charge is 2.03. The summed E-state index contributed by atoms with van der Waals surface area (Å²) in [4.78, 5) is 0. The van der Waals surface area contributed by atoms with E-state index in [2.05, 4.69) is 24.0 Å². The molecule has 0 spiro atoms. The molecule has 1 rings (SSSR count). The number of unbranched alkanes of at least 4 members (excludes halogenated alkanes) is 2. The van der Waals surface area contributed by atoms with Crippen molar-refractivity contribution in [3.63, 3.8) is 0 Å². The molecule has 0 amide bonds. The van der Waals surface area contributed by atoms with E-state index < -0.39 is 0 Å². The summed E-state index contributed by atoms with van der Waals surface area (Å²) in [6, 6.07) is 4.14. The lowest BCUT2D eigenvalue weighted by molar-refractivity contribution is 0.408. The topological polar surface area (TPSA) is 35.2 Å². The number of rotatable bonds is 4. The monoisotopic (exact) mass is 231 g/mol. The normalized spacial score (nSPS) is 9.65. The van der Waals surface area contributed by atoms with Crippen LogP contribution < -0.4 is 10.5 Å². The molecule has 1 aromatic carbocycles. The van der Waals surface area contributed by atoms with Gasteiger partial charge in [-0.2, -0.15) is 0 Å². The van der Waals surface area contributed by atoms with Crippen LogP contribution in [0.15, 0.2) is 12.1 Å². The van der Waals surface area contributed by atoms with Gasteiger partial charge in [0, 0.05) is 12.0 Å². The van der Waals surface area contributed by atoms with E-state index in [1.165, 1.54) is 0 Å². The van der Waals surface area contributed by atoms with E-state index in [-0.39, 0.29) is 0 Å². The second kappa shape index (κ2) is 6.98. The molecule has 1 aromatic rings. The first-order chi connectivity index (χ1) is 8.19. The lowest BCUT2D eigenvalue weighted by Crippen LogP contribution is -1.97. The Labute approximate surface area is 104 Å². The van der Waals surface area contributed by atoms with Gasteiger partial charge < -0.3 is 10.5 Å². The molecule has 2 heteroatoms. The van der Waals surface area contributed by atoms with Crippen molar-refractivity contribution in [2.45, 2.75) is 33.1 Å². The molecule has 17 heavy (non-hydrogen) atoms. The molecule has 0 heterocycles. The Balaban J connectivity index is 2.72. The maximum absolute atomic E-state index is 5.43. The van der Waals surface area contributed by atoms with Gasteiger partial charge in [0.15, 0.2) is 0 Å². The van der Waals surface area contributed by atoms with Crippen LogP contribution in [-0.2, 0) is 0 Å². The molecule has 0 aliphatic rings. The second-order valence-corrected chi connectivity index (χ2v) is 4.19. The van der Waals surface area contributed by atoms with Crippen LogP contribution in [-0.4, -0.2) is 13.7 Å². The minimum atomic E-state index is 0.752. The third kappa shape index (κ3) is 4.13. The second-order valence-electron chi connectivity index (χ2n) is 4.19. The zero-order valence-electron chi connectivity index (χ0n) is 11.0. The fraction of sp³-hybridized carbons (Fsp3) is 0.467. The largest absolute Gasteiger partial charge is 0.496 e. The Kier molecular flexibility index (Phi) is 5.59. The van der Waals surface area contributed by atoms with Crippen molar-refractivity contribution in [1.29, 1.82) is 0 Å². The van der Waals surface area contributed by atoms with E-state index in [1.54, 1.807) is 7.11 Å². The number of ether oxygens (including phenoxy) is 1. The highest BCUT2D eigenvalue weighted by molar-refractivity contribution is 5.48. The smallest absolute Gasteiger partial charge is 0.124 e. The number of nitrogens with two attached hydrogens (primary N) is 1. The van der Waals surface area contributed by atoms with Gasteiger partial charge in [0.1, 0.15) is 5.75 Å². The third-order valence-electron chi connectivity index (χ3n) is 2.65. The van der Waals surface area contributed by atoms with Crippen molar-refractivity contribution in [3.05, 3.63) is 28.8 Å². The minimum Gasteiger partial charge on any atom is -0.496 e. The van der Waals surface area contributed by atoms with E-state index >= 15 is 0 Å².